The number of hydrogen-bond donors (Lipinski definition) is 1. The summed E-state index contributed by atoms with van der Waals surface area (Å²) < 4.78 is 5.79. The van der Waals surface area contributed by atoms with Gasteiger partial charge >= 0.3 is 0 Å². The van der Waals surface area contributed by atoms with Crippen LogP contribution in [0.5, 0.6) is 5.75 Å². The highest BCUT2D eigenvalue weighted by Gasteiger charge is 2.11. The highest BCUT2D eigenvalue weighted by molar-refractivity contribution is 7.15. The van der Waals surface area contributed by atoms with Crippen LogP contribution in [-0.4, -0.2) is 22.7 Å². The molecule has 0 bridgehead atoms. The number of aromatic nitrogens is 2. The maximum absolute atomic E-state index is 12.3. The Labute approximate surface area is 179 Å². The molecule has 30 heavy (non-hydrogen) atoms. The quantitative estimate of drug-likeness (QED) is 0.452. The summed E-state index contributed by atoms with van der Waals surface area (Å²) in [7, 11) is 0. The molecule has 1 N–H and O–H groups in total. The lowest BCUT2D eigenvalue weighted by Crippen LogP contribution is -2.20. The van der Waals surface area contributed by atoms with Crippen molar-refractivity contribution >= 4 is 22.4 Å². The number of ether oxygens (including phenoxy) is 1. The van der Waals surface area contributed by atoms with Gasteiger partial charge in [0.05, 0.1) is 0 Å². The highest BCUT2D eigenvalue weighted by atomic mass is 32.1. The van der Waals surface area contributed by atoms with Crippen LogP contribution in [0, 0.1) is 0 Å². The minimum Gasteiger partial charge on any atom is -0.483 e. The van der Waals surface area contributed by atoms with E-state index in [0.717, 1.165) is 22.6 Å². The van der Waals surface area contributed by atoms with Gasteiger partial charge in [-0.25, -0.2) is 0 Å². The van der Waals surface area contributed by atoms with Gasteiger partial charge in [0.2, 0.25) is 5.13 Å². The molecule has 0 saturated heterocycles. The largest absolute Gasteiger partial charge is 0.483 e. The van der Waals surface area contributed by atoms with Crippen LogP contribution in [0.15, 0.2) is 84.9 Å². The molecular formula is C24H21N3O2S. The van der Waals surface area contributed by atoms with Crippen LogP contribution >= 0.6 is 11.3 Å². The number of anilines is 1. The fourth-order valence-electron chi connectivity index (χ4n) is 3.05. The lowest BCUT2D eigenvalue weighted by molar-refractivity contribution is -0.118. The van der Waals surface area contributed by atoms with Crippen molar-refractivity contribution in [1.29, 1.82) is 0 Å². The summed E-state index contributed by atoms with van der Waals surface area (Å²) in [5.41, 5.74) is 3.39. The van der Waals surface area contributed by atoms with E-state index < -0.39 is 0 Å². The van der Waals surface area contributed by atoms with Gasteiger partial charge in [-0.05, 0) is 22.8 Å². The average molecular weight is 416 g/mol. The second-order valence-corrected chi connectivity index (χ2v) is 7.83. The number of amides is 1. The predicted octanol–water partition coefficient (Wildman–Crippen LogP) is 4.74. The van der Waals surface area contributed by atoms with Crippen molar-refractivity contribution in [3.63, 3.8) is 0 Å². The van der Waals surface area contributed by atoms with Gasteiger partial charge in [-0.1, -0.05) is 90.2 Å². The van der Waals surface area contributed by atoms with Crippen molar-refractivity contribution in [2.75, 3.05) is 11.9 Å². The van der Waals surface area contributed by atoms with Gasteiger partial charge in [-0.15, -0.1) is 10.2 Å². The number of hydrogen-bond acceptors (Lipinski definition) is 5. The van der Waals surface area contributed by atoms with E-state index in [9.17, 15) is 4.79 Å². The van der Waals surface area contributed by atoms with Crippen molar-refractivity contribution < 1.29 is 9.53 Å². The maximum atomic E-state index is 12.3. The summed E-state index contributed by atoms with van der Waals surface area (Å²) in [4.78, 5) is 12.3. The Hall–Kier alpha value is -3.51. The summed E-state index contributed by atoms with van der Waals surface area (Å²) in [6.45, 7) is -0.0839. The fraction of sp³-hybridized carbons (Fsp3) is 0.125. The molecule has 0 saturated carbocycles. The normalized spacial score (nSPS) is 10.5. The first-order valence-corrected chi connectivity index (χ1v) is 10.5. The Bertz CT molecular complexity index is 1100. The molecule has 0 unspecified atom stereocenters. The zero-order chi connectivity index (χ0) is 20.6. The lowest BCUT2D eigenvalue weighted by atomic mass is 10.0. The Kier molecular flexibility index (Phi) is 6.47. The average Bonchev–Trinajstić information content (AvgIpc) is 3.21. The third-order valence-corrected chi connectivity index (χ3v) is 5.32. The number of para-hydroxylation sites is 1. The van der Waals surface area contributed by atoms with E-state index in [-0.39, 0.29) is 12.5 Å². The van der Waals surface area contributed by atoms with Crippen molar-refractivity contribution in [2.45, 2.75) is 12.8 Å². The second kappa shape index (κ2) is 9.80. The van der Waals surface area contributed by atoms with Crippen molar-refractivity contribution in [2.24, 2.45) is 0 Å². The molecule has 0 aliphatic carbocycles. The smallest absolute Gasteiger partial charge is 0.264 e. The van der Waals surface area contributed by atoms with E-state index in [0.29, 0.717) is 17.3 Å². The fourth-order valence-corrected chi connectivity index (χ4v) is 3.84. The van der Waals surface area contributed by atoms with Gasteiger partial charge in [0.25, 0.3) is 5.91 Å². The van der Waals surface area contributed by atoms with Crippen molar-refractivity contribution in [1.82, 2.24) is 10.2 Å². The van der Waals surface area contributed by atoms with E-state index >= 15 is 0 Å². The van der Waals surface area contributed by atoms with Crippen LogP contribution < -0.4 is 10.1 Å². The number of benzene rings is 3. The number of carbonyl (C=O) groups is 1. The van der Waals surface area contributed by atoms with Crippen LogP contribution in [0.4, 0.5) is 5.13 Å². The number of nitrogens with zero attached hydrogens (tertiary/aromatic N) is 2. The first-order chi connectivity index (χ1) is 14.8. The van der Waals surface area contributed by atoms with Gasteiger partial charge in [0.15, 0.2) is 6.61 Å². The topological polar surface area (TPSA) is 64.1 Å². The SMILES string of the molecule is O=C(COc1ccccc1Cc1ccccc1)Nc1nnc(Cc2ccccc2)s1. The van der Waals surface area contributed by atoms with E-state index in [1.807, 2.05) is 72.8 Å². The summed E-state index contributed by atoms with van der Waals surface area (Å²) in [5, 5.41) is 12.3. The molecule has 0 aliphatic rings. The molecule has 3 aromatic carbocycles. The van der Waals surface area contributed by atoms with Crippen LogP contribution in [-0.2, 0) is 17.6 Å². The Morgan fingerprint density at radius 2 is 1.43 bits per heavy atom. The molecule has 5 nitrogen and oxygen atoms in total. The standard InChI is InChI=1S/C24H21N3O2S/c28-22(25-24-27-26-23(30-24)16-19-11-5-2-6-12-19)17-29-21-14-8-7-13-20(21)15-18-9-3-1-4-10-18/h1-14H,15-17H2,(H,25,27,28). The number of rotatable bonds is 8. The summed E-state index contributed by atoms with van der Waals surface area (Å²) in [5.74, 6) is 0.449. The second-order valence-electron chi connectivity index (χ2n) is 6.77. The molecule has 150 valence electrons. The van der Waals surface area contributed by atoms with E-state index in [4.69, 9.17) is 4.74 Å². The monoisotopic (exact) mass is 415 g/mol. The first-order valence-electron chi connectivity index (χ1n) is 9.67. The summed E-state index contributed by atoms with van der Waals surface area (Å²) in [6, 6.07) is 28.0. The highest BCUT2D eigenvalue weighted by Crippen LogP contribution is 2.22. The van der Waals surface area contributed by atoms with Crippen molar-refractivity contribution in [3.05, 3.63) is 107 Å². The first kappa shape index (κ1) is 19.8. The Morgan fingerprint density at radius 1 is 0.800 bits per heavy atom. The molecule has 0 radical (unpaired) electrons. The zero-order valence-corrected chi connectivity index (χ0v) is 17.1. The molecule has 0 spiro atoms. The Balaban J connectivity index is 1.32. The molecule has 4 aromatic rings. The lowest BCUT2D eigenvalue weighted by Gasteiger charge is -2.11. The number of nitrogens with one attached hydrogen (secondary N) is 1. The van der Waals surface area contributed by atoms with Gasteiger partial charge in [0.1, 0.15) is 10.8 Å². The maximum Gasteiger partial charge on any atom is 0.264 e. The van der Waals surface area contributed by atoms with Gasteiger partial charge in [-0.2, -0.15) is 0 Å². The van der Waals surface area contributed by atoms with Gasteiger partial charge < -0.3 is 4.74 Å². The van der Waals surface area contributed by atoms with Crippen molar-refractivity contribution in [3.8, 4) is 5.75 Å². The number of carbonyl (C=O) groups excluding carboxylic acids is 1. The van der Waals surface area contributed by atoms with Crippen LogP contribution in [0.2, 0.25) is 0 Å². The van der Waals surface area contributed by atoms with E-state index in [2.05, 4.69) is 27.6 Å². The molecular weight excluding hydrogens is 394 g/mol. The third kappa shape index (κ3) is 5.52. The molecule has 0 aliphatic heterocycles. The molecule has 4 rings (SSSR count). The minimum absolute atomic E-state index is 0.0839. The zero-order valence-electron chi connectivity index (χ0n) is 16.3. The molecule has 6 heteroatoms. The molecule has 1 heterocycles. The van der Waals surface area contributed by atoms with Crippen LogP contribution in [0.3, 0.4) is 0 Å². The predicted molar refractivity (Wildman–Crippen MR) is 119 cm³/mol. The molecule has 1 aromatic heterocycles. The van der Waals surface area contributed by atoms with E-state index in [1.165, 1.54) is 16.9 Å². The van der Waals surface area contributed by atoms with Crippen LogP contribution in [0.1, 0.15) is 21.7 Å². The summed E-state index contributed by atoms with van der Waals surface area (Å²) >= 11 is 1.37. The van der Waals surface area contributed by atoms with Gasteiger partial charge in [-0.3, -0.25) is 10.1 Å². The van der Waals surface area contributed by atoms with Crippen LogP contribution in [0.25, 0.3) is 0 Å². The molecule has 0 atom stereocenters. The molecule has 0 fully saturated rings. The minimum atomic E-state index is -0.257. The molecule has 1 amide bonds. The van der Waals surface area contributed by atoms with Gasteiger partial charge in [0, 0.05) is 12.8 Å². The Morgan fingerprint density at radius 3 is 2.17 bits per heavy atom. The third-order valence-electron chi connectivity index (χ3n) is 4.48. The summed E-state index contributed by atoms with van der Waals surface area (Å²) in [6.07, 6.45) is 1.44. The van der Waals surface area contributed by atoms with E-state index in [1.54, 1.807) is 0 Å².